The predicted molar refractivity (Wildman–Crippen MR) is 98.4 cm³/mol. The van der Waals surface area contributed by atoms with Crippen LogP contribution in [-0.4, -0.2) is 50.1 Å². The third-order valence-electron chi connectivity index (χ3n) is 5.42. The van der Waals surface area contributed by atoms with Crippen LogP contribution in [0.5, 0.6) is 11.5 Å². The third-order valence-corrected chi connectivity index (χ3v) is 5.42. The number of ether oxygens (including phenoxy) is 2. The Bertz CT molecular complexity index is 641. The molecule has 142 valence electrons. The minimum Gasteiger partial charge on any atom is -0.448 e. The van der Waals surface area contributed by atoms with Gasteiger partial charge in [-0.1, -0.05) is 13.0 Å². The van der Waals surface area contributed by atoms with Crippen molar-refractivity contribution in [2.45, 2.75) is 44.3 Å². The minimum absolute atomic E-state index is 0.170. The molecule has 2 aliphatic heterocycles. The van der Waals surface area contributed by atoms with E-state index in [9.17, 15) is 9.59 Å². The van der Waals surface area contributed by atoms with Crippen LogP contribution in [0.4, 0.5) is 0 Å². The number of hydrogen-bond acceptors (Lipinski definition) is 5. The molecular weight excluding hydrogens is 332 g/mol. The molecule has 6 heteroatoms. The first-order chi connectivity index (χ1) is 12.5. The van der Waals surface area contributed by atoms with Crippen molar-refractivity contribution in [2.24, 2.45) is 5.92 Å². The van der Waals surface area contributed by atoms with E-state index < -0.39 is 5.79 Å². The lowest BCUT2D eigenvalue weighted by Gasteiger charge is -2.35. The number of piperidine rings is 1. The number of rotatable bonds is 8. The number of nitrogens with one attached hydrogen (secondary N) is 1. The van der Waals surface area contributed by atoms with Crippen molar-refractivity contribution in [3.8, 4) is 11.5 Å². The standard InChI is InChI=1S/C20H28N2O4/c1-15(12-21-14-24)3-4-17(13-23)16-5-6-18-19(11-16)26-20(25-18)7-9-22(2)10-8-20/h5-6,11,13-15,17H,3-4,7-10,12H2,1-2H3,(H,21,24)/t15?,17-/m0/s1. The van der Waals surface area contributed by atoms with Crippen molar-refractivity contribution in [2.75, 3.05) is 26.7 Å². The number of aldehydes is 1. The van der Waals surface area contributed by atoms with Crippen LogP contribution in [0.3, 0.4) is 0 Å². The average molecular weight is 360 g/mol. The fourth-order valence-corrected chi connectivity index (χ4v) is 3.63. The van der Waals surface area contributed by atoms with Crippen LogP contribution in [0.1, 0.15) is 44.1 Å². The zero-order valence-electron chi connectivity index (χ0n) is 15.6. The number of benzene rings is 1. The summed E-state index contributed by atoms with van der Waals surface area (Å²) >= 11 is 0. The van der Waals surface area contributed by atoms with Gasteiger partial charge >= 0.3 is 0 Å². The van der Waals surface area contributed by atoms with Crippen molar-refractivity contribution in [3.63, 3.8) is 0 Å². The van der Waals surface area contributed by atoms with Crippen LogP contribution in [0.15, 0.2) is 18.2 Å². The van der Waals surface area contributed by atoms with E-state index in [0.29, 0.717) is 18.9 Å². The Labute approximate surface area is 154 Å². The Morgan fingerprint density at radius 1 is 1.19 bits per heavy atom. The Balaban J connectivity index is 1.63. The first-order valence-corrected chi connectivity index (χ1v) is 9.38. The molecule has 1 amide bonds. The predicted octanol–water partition coefficient (Wildman–Crippen LogP) is 2.32. The van der Waals surface area contributed by atoms with Crippen LogP contribution < -0.4 is 14.8 Å². The molecule has 0 radical (unpaired) electrons. The van der Waals surface area contributed by atoms with Crippen molar-refractivity contribution in [1.82, 2.24) is 10.2 Å². The quantitative estimate of drug-likeness (QED) is 0.721. The SMILES string of the molecule is CC(CC[C@@H](C=O)c1ccc2c(c1)OC1(CCN(C)CC1)O2)CNC=O. The van der Waals surface area contributed by atoms with Gasteiger partial charge in [0.1, 0.15) is 6.29 Å². The number of carbonyl (C=O) groups is 2. The highest BCUT2D eigenvalue weighted by molar-refractivity contribution is 5.63. The second kappa shape index (κ2) is 8.08. The summed E-state index contributed by atoms with van der Waals surface area (Å²) < 4.78 is 12.3. The topological polar surface area (TPSA) is 67.9 Å². The maximum absolute atomic E-state index is 11.6. The molecule has 0 bridgehead atoms. The lowest BCUT2D eigenvalue weighted by atomic mass is 9.91. The van der Waals surface area contributed by atoms with Gasteiger partial charge in [-0.15, -0.1) is 0 Å². The van der Waals surface area contributed by atoms with E-state index in [1.54, 1.807) is 0 Å². The van der Waals surface area contributed by atoms with Gasteiger partial charge in [0.15, 0.2) is 11.5 Å². The Hall–Kier alpha value is -2.08. The molecule has 1 unspecified atom stereocenters. The van der Waals surface area contributed by atoms with Crippen LogP contribution in [0, 0.1) is 5.92 Å². The summed E-state index contributed by atoms with van der Waals surface area (Å²) in [4.78, 5) is 24.3. The van der Waals surface area contributed by atoms with E-state index in [1.807, 2.05) is 18.2 Å². The molecule has 2 atom stereocenters. The first-order valence-electron chi connectivity index (χ1n) is 9.38. The zero-order chi connectivity index (χ0) is 18.6. The molecule has 2 heterocycles. The molecule has 0 aliphatic carbocycles. The number of nitrogens with zero attached hydrogens (tertiary/aromatic N) is 1. The summed E-state index contributed by atoms with van der Waals surface area (Å²) in [6.45, 7) is 4.60. The van der Waals surface area contributed by atoms with Gasteiger partial charge in [0, 0.05) is 38.4 Å². The molecule has 3 rings (SSSR count). The van der Waals surface area contributed by atoms with Gasteiger partial charge in [0.05, 0.1) is 0 Å². The summed E-state index contributed by atoms with van der Waals surface area (Å²) in [5.74, 6) is 1.14. The minimum atomic E-state index is -0.543. The highest BCUT2D eigenvalue weighted by Gasteiger charge is 2.43. The van der Waals surface area contributed by atoms with E-state index >= 15 is 0 Å². The molecule has 0 aromatic heterocycles. The number of hydrogen-bond donors (Lipinski definition) is 1. The molecule has 2 aliphatic rings. The molecule has 1 N–H and O–H groups in total. The van der Waals surface area contributed by atoms with Gasteiger partial charge < -0.3 is 24.5 Å². The molecule has 0 saturated carbocycles. The van der Waals surface area contributed by atoms with Gasteiger partial charge in [-0.05, 0) is 43.5 Å². The smallest absolute Gasteiger partial charge is 0.254 e. The maximum Gasteiger partial charge on any atom is 0.254 e. The van der Waals surface area contributed by atoms with Gasteiger partial charge in [0.25, 0.3) is 5.79 Å². The Morgan fingerprint density at radius 3 is 2.62 bits per heavy atom. The van der Waals surface area contributed by atoms with Crippen LogP contribution in [0.25, 0.3) is 0 Å². The van der Waals surface area contributed by atoms with E-state index in [0.717, 1.165) is 62.1 Å². The highest BCUT2D eigenvalue weighted by Crippen LogP contribution is 2.44. The normalized spacial score (nSPS) is 20.5. The largest absolute Gasteiger partial charge is 0.448 e. The lowest BCUT2D eigenvalue weighted by molar-refractivity contribution is -0.116. The monoisotopic (exact) mass is 360 g/mol. The molecule has 1 aromatic rings. The molecule has 26 heavy (non-hydrogen) atoms. The molecule has 1 spiro atoms. The molecule has 1 fully saturated rings. The summed E-state index contributed by atoms with van der Waals surface area (Å²) in [6.07, 6.45) is 5.01. The van der Waals surface area contributed by atoms with Crippen LogP contribution >= 0.6 is 0 Å². The first kappa shape index (κ1) is 18.7. The zero-order valence-corrected chi connectivity index (χ0v) is 15.6. The second-order valence-corrected chi connectivity index (χ2v) is 7.58. The summed E-state index contributed by atoms with van der Waals surface area (Å²) in [5.41, 5.74) is 0.961. The third kappa shape index (κ3) is 4.18. The fourth-order valence-electron chi connectivity index (χ4n) is 3.63. The molecular formula is C20H28N2O4. The van der Waals surface area contributed by atoms with Crippen molar-refractivity contribution >= 4 is 12.7 Å². The van der Waals surface area contributed by atoms with Crippen molar-refractivity contribution in [3.05, 3.63) is 23.8 Å². The summed E-state index contributed by atoms with van der Waals surface area (Å²) in [6, 6.07) is 5.84. The van der Waals surface area contributed by atoms with Gasteiger partial charge in [0.2, 0.25) is 6.41 Å². The van der Waals surface area contributed by atoms with E-state index in [4.69, 9.17) is 9.47 Å². The Kier molecular flexibility index (Phi) is 5.81. The molecule has 6 nitrogen and oxygen atoms in total. The van der Waals surface area contributed by atoms with E-state index in [-0.39, 0.29) is 5.92 Å². The molecule has 1 saturated heterocycles. The van der Waals surface area contributed by atoms with Crippen molar-refractivity contribution in [1.29, 1.82) is 0 Å². The van der Waals surface area contributed by atoms with Crippen molar-refractivity contribution < 1.29 is 19.1 Å². The fraction of sp³-hybridized carbons (Fsp3) is 0.600. The number of carbonyl (C=O) groups excluding carboxylic acids is 2. The van der Waals surface area contributed by atoms with E-state index in [2.05, 4.69) is 24.2 Å². The lowest BCUT2D eigenvalue weighted by Crippen LogP contribution is -2.48. The van der Waals surface area contributed by atoms with Crippen LogP contribution in [0.2, 0.25) is 0 Å². The highest BCUT2D eigenvalue weighted by atomic mass is 16.7. The maximum atomic E-state index is 11.6. The number of amides is 1. The van der Waals surface area contributed by atoms with Gasteiger partial charge in [-0.3, -0.25) is 4.79 Å². The van der Waals surface area contributed by atoms with Gasteiger partial charge in [-0.25, -0.2) is 0 Å². The Morgan fingerprint density at radius 2 is 1.92 bits per heavy atom. The number of likely N-dealkylation sites (tertiary alicyclic amines) is 1. The summed E-state index contributed by atoms with van der Waals surface area (Å²) in [5, 5.41) is 2.69. The molecule has 1 aromatic carbocycles. The second-order valence-electron chi connectivity index (χ2n) is 7.58. The average Bonchev–Trinajstić information content (AvgIpc) is 3.00. The number of fused-ring (bicyclic) bond motifs is 1. The summed E-state index contributed by atoms with van der Waals surface area (Å²) in [7, 11) is 2.10. The van der Waals surface area contributed by atoms with Gasteiger partial charge in [-0.2, -0.15) is 0 Å². The van der Waals surface area contributed by atoms with E-state index in [1.165, 1.54) is 0 Å². The van der Waals surface area contributed by atoms with Crippen LogP contribution in [-0.2, 0) is 9.59 Å².